The lowest BCUT2D eigenvalue weighted by Crippen LogP contribution is -2.10. The Morgan fingerprint density at radius 2 is 2.04 bits per heavy atom. The fourth-order valence-electron chi connectivity index (χ4n) is 2.79. The first-order valence-corrected chi connectivity index (χ1v) is 9.63. The molecule has 0 bridgehead atoms. The topological polar surface area (TPSA) is 60.9 Å². The van der Waals surface area contributed by atoms with Crippen LogP contribution in [0.5, 0.6) is 0 Å². The van der Waals surface area contributed by atoms with Crippen molar-refractivity contribution in [1.29, 1.82) is 0 Å². The van der Waals surface area contributed by atoms with E-state index in [4.69, 9.17) is 4.42 Å². The standard InChI is InChI=1S/C20H23N3O2S/c1-13(2)19-21-22-20(23(19)11-16-6-5-9-25-16)26-12-18(24)17-10-14(3)7-8-15(17)4/h5-10,13H,11-12H2,1-4H3. The van der Waals surface area contributed by atoms with Gasteiger partial charge in [-0.3, -0.25) is 9.36 Å². The molecule has 3 rings (SSSR count). The highest BCUT2D eigenvalue weighted by Crippen LogP contribution is 2.24. The lowest BCUT2D eigenvalue weighted by atomic mass is 10.0. The lowest BCUT2D eigenvalue weighted by molar-refractivity contribution is 0.102. The van der Waals surface area contributed by atoms with Gasteiger partial charge in [-0.15, -0.1) is 10.2 Å². The maximum Gasteiger partial charge on any atom is 0.192 e. The molecule has 2 heterocycles. The van der Waals surface area contributed by atoms with Gasteiger partial charge in [-0.1, -0.05) is 43.3 Å². The number of furan rings is 1. The molecule has 0 amide bonds. The van der Waals surface area contributed by atoms with Gasteiger partial charge in [0.2, 0.25) is 0 Å². The Hall–Kier alpha value is -2.34. The molecule has 3 aromatic rings. The van der Waals surface area contributed by atoms with Crippen molar-refractivity contribution < 1.29 is 9.21 Å². The summed E-state index contributed by atoms with van der Waals surface area (Å²) >= 11 is 1.42. The zero-order chi connectivity index (χ0) is 18.7. The van der Waals surface area contributed by atoms with Crippen LogP contribution in [0.1, 0.15) is 52.8 Å². The summed E-state index contributed by atoms with van der Waals surface area (Å²) in [5.74, 6) is 2.41. The summed E-state index contributed by atoms with van der Waals surface area (Å²) in [5.41, 5.74) is 2.87. The largest absolute Gasteiger partial charge is 0.467 e. The Morgan fingerprint density at radius 1 is 1.23 bits per heavy atom. The van der Waals surface area contributed by atoms with Crippen molar-refractivity contribution in [2.75, 3.05) is 5.75 Å². The van der Waals surface area contributed by atoms with Gasteiger partial charge in [-0.2, -0.15) is 0 Å². The number of benzene rings is 1. The smallest absolute Gasteiger partial charge is 0.192 e. The van der Waals surface area contributed by atoms with Crippen molar-refractivity contribution in [3.05, 3.63) is 64.9 Å². The van der Waals surface area contributed by atoms with Crippen LogP contribution in [0, 0.1) is 13.8 Å². The quantitative estimate of drug-likeness (QED) is 0.449. The van der Waals surface area contributed by atoms with E-state index in [0.717, 1.165) is 33.4 Å². The van der Waals surface area contributed by atoms with E-state index in [9.17, 15) is 4.79 Å². The number of nitrogens with zero attached hydrogens (tertiary/aromatic N) is 3. The molecular weight excluding hydrogens is 346 g/mol. The molecule has 0 saturated heterocycles. The highest BCUT2D eigenvalue weighted by atomic mass is 32.2. The van der Waals surface area contributed by atoms with Crippen molar-refractivity contribution in [3.8, 4) is 0 Å². The van der Waals surface area contributed by atoms with Crippen LogP contribution in [0.15, 0.2) is 46.2 Å². The van der Waals surface area contributed by atoms with Crippen LogP contribution in [0.3, 0.4) is 0 Å². The molecule has 0 atom stereocenters. The van der Waals surface area contributed by atoms with Crippen LogP contribution >= 0.6 is 11.8 Å². The predicted molar refractivity (Wildman–Crippen MR) is 103 cm³/mol. The predicted octanol–water partition coefficient (Wildman–Crippen LogP) is 4.63. The van der Waals surface area contributed by atoms with E-state index in [1.54, 1.807) is 6.26 Å². The Balaban J connectivity index is 1.79. The normalized spacial score (nSPS) is 11.3. The van der Waals surface area contributed by atoms with Crippen LogP contribution in [-0.2, 0) is 6.54 Å². The molecular formula is C20H23N3O2S. The van der Waals surface area contributed by atoms with E-state index in [1.165, 1.54) is 11.8 Å². The SMILES string of the molecule is Cc1ccc(C)c(C(=O)CSc2nnc(C(C)C)n2Cc2ccco2)c1. The number of hydrogen-bond acceptors (Lipinski definition) is 5. The molecule has 0 saturated carbocycles. The number of aromatic nitrogens is 3. The molecule has 0 radical (unpaired) electrons. The van der Waals surface area contributed by atoms with Crippen molar-refractivity contribution in [2.45, 2.75) is 45.3 Å². The first-order valence-electron chi connectivity index (χ1n) is 8.64. The Morgan fingerprint density at radius 3 is 2.73 bits per heavy atom. The highest BCUT2D eigenvalue weighted by molar-refractivity contribution is 7.99. The van der Waals surface area contributed by atoms with E-state index in [-0.39, 0.29) is 11.7 Å². The molecule has 0 N–H and O–H groups in total. The lowest BCUT2D eigenvalue weighted by Gasteiger charge is -2.11. The third-order valence-electron chi connectivity index (χ3n) is 4.18. The Kier molecular flexibility index (Phi) is 5.61. The van der Waals surface area contributed by atoms with Gasteiger partial charge in [0.15, 0.2) is 10.9 Å². The van der Waals surface area contributed by atoms with E-state index in [1.807, 2.05) is 48.7 Å². The second-order valence-electron chi connectivity index (χ2n) is 6.69. The van der Waals surface area contributed by atoms with Gasteiger partial charge in [0, 0.05) is 11.5 Å². The minimum Gasteiger partial charge on any atom is -0.467 e. The molecule has 0 spiro atoms. The molecule has 2 aromatic heterocycles. The third kappa shape index (κ3) is 4.07. The summed E-state index contributed by atoms with van der Waals surface area (Å²) < 4.78 is 7.50. The van der Waals surface area contributed by atoms with E-state index >= 15 is 0 Å². The summed E-state index contributed by atoms with van der Waals surface area (Å²) in [6, 6.07) is 9.76. The van der Waals surface area contributed by atoms with Crippen LogP contribution in [-0.4, -0.2) is 26.3 Å². The molecule has 136 valence electrons. The summed E-state index contributed by atoms with van der Waals surface area (Å²) in [6.45, 7) is 8.69. The fourth-order valence-corrected chi connectivity index (χ4v) is 3.61. The highest BCUT2D eigenvalue weighted by Gasteiger charge is 2.18. The van der Waals surface area contributed by atoms with Crippen LogP contribution in [0.4, 0.5) is 0 Å². The fraction of sp³-hybridized carbons (Fsp3) is 0.350. The van der Waals surface area contributed by atoms with Crippen LogP contribution < -0.4 is 0 Å². The van der Waals surface area contributed by atoms with Crippen LogP contribution in [0.25, 0.3) is 0 Å². The van der Waals surface area contributed by atoms with E-state index in [2.05, 4.69) is 24.0 Å². The molecule has 0 unspecified atom stereocenters. The average molecular weight is 369 g/mol. The van der Waals surface area contributed by atoms with Gasteiger partial charge in [0.05, 0.1) is 18.6 Å². The van der Waals surface area contributed by atoms with Crippen molar-refractivity contribution in [2.24, 2.45) is 0 Å². The van der Waals surface area contributed by atoms with Crippen molar-refractivity contribution in [3.63, 3.8) is 0 Å². The zero-order valence-corrected chi connectivity index (χ0v) is 16.3. The number of aryl methyl sites for hydroxylation is 2. The first-order chi connectivity index (χ1) is 12.5. The number of carbonyl (C=O) groups excluding carboxylic acids is 1. The molecule has 1 aromatic carbocycles. The monoisotopic (exact) mass is 369 g/mol. The van der Waals surface area contributed by atoms with E-state index < -0.39 is 0 Å². The minimum absolute atomic E-state index is 0.106. The third-order valence-corrected chi connectivity index (χ3v) is 5.15. The summed E-state index contributed by atoms with van der Waals surface area (Å²) in [6.07, 6.45) is 1.66. The molecule has 5 nitrogen and oxygen atoms in total. The number of ketones is 1. The second-order valence-corrected chi connectivity index (χ2v) is 7.63. The van der Waals surface area contributed by atoms with Crippen molar-refractivity contribution in [1.82, 2.24) is 14.8 Å². The van der Waals surface area contributed by atoms with Gasteiger partial charge in [0.1, 0.15) is 11.6 Å². The van der Waals surface area contributed by atoms with Gasteiger partial charge < -0.3 is 4.42 Å². The number of hydrogen-bond donors (Lipinski definition) is 0. The molecule has 0 aliphatic rings. The number of rotatable bonds is 7. The zero-order valence-electron chi connectivity index (χ0n) is 15.5. The number of carbonyl (C=O) groups is 1. The molecule has 26 heavy (non-hydrogen) atoms. The van der Waals surface area contributed by atoms with Crippen molar-refractivity contribution >= 4 is 17.5 Å². The maximum atomic E-state index is 12.7. The number of thioether (sulfide) groups is 1. The van der Waals surface area contributed by atoms with E-state index in [0.29, 0.717) is 12.3 Å². The van der Waals surface area contributed by atoms with Crippen LogP contribution in [0.2, 0.25) is 0 Å². The van der Waals surface area contributed by atoms with Gasteiger partial charge in [0.25, 0.3) is 0 Å². The minimum atomic E-state index is 0.106. The summed E-state index contributed by atoms with van der Waals surface area (Å²) in [7, 11) is 0. The Bertz CT molecular complexity index is 898. The first kappa shape index (κ1) is 18.5. The molecule has 0 aliphatic carbocycles. The summed E-state index contributed by atoms with van der Waals surface area (Å²) in [4.78, 5) is 12.7. The van der Waals surface area contributed by atoms with Gasteiger partial charge in [-0.25, -0.2) is 0 Å². The maximum absolute atomic E-state index is 12.7. The Labute approximate surface area is 157 Å². The molecule has 0 aliphatic heterocycles. The molecule has 0 fully saturated rings. The number of Topliss-reactive ketones (excluding diaryl/α,β-unsaturated/α-hetero) is 1. The average Bonchev–Trinajstić information content (AvgIpc) is 3.25. The van der Waals surface area contributed by atoms with Gasteiger partial charge >= 0.3 is 0 Å². The van der Waals surface area contributed by atoms with Gasteiger partial charge in [-0.05, 0) is 37.6 Å². The summed E-state index contributed by atoms with van der Waals surface area (Å²) in [5, 5.41) is 9.36. The molecule has 6 heteroatoms. The second kappa shape index (κ2) is 7.91.